The summed E-state index contributed by atoms with van der Waals surface area (Å²) in [5, 5.41) is 8.77. The highest BCUT2D eigenvalue weighted by molar-refractivity contribution is 7.71. The molecule has 1 amide bonds. The van der Waals surface area contributed by atoms with Gasteiger partial charge in [0.05, 0.1) is 0 Å². The number of aryl methyl sites for hydroxylation is 3. The van der Waals surface area contributed by atoms with Crippen molar-refractivity contribution in [3.63, 3.8) is 0 Å². The van der Waals surface area contributed by atoms with E-state index in [0.29, 0.717) is 17.8 Å². The Kier molecular flexibility index (Phi) is 40.1. The van der Waals surface area contributed by atoms with Crippen LogP contribution in [-0.4, -0.2) is 65.6 Å². The van der Waals surface area contributed by atoms with E-state index in [2.05, 4.69) is 68.3 Å². The standard InChI is InChI=1S/C10H12N2O.C9H13NO.C9H13NS.C7H12O.C5H11O4P.C4H8O.C3H4N2O.CH4/c1-6(2)8-4-7(3)12-10(13)9(8)5-11;2*1-6(2)8-4-7(3)10-9(11)5-8;1-6(2)4-5-7(3)8;1-5(6)4-10(7,8-2)9-3;1-4(2)3-5;1-5-2-3(4)6;/h4,6H,1-3H3,(H,12,13);2*4-6H,1-3H3,(H,10,11);4-6H,1-3H3;4H2,1-3H3;3-4H,1-2H3;2H2,(H2,4,6);1H4/b;;;5-4+;;;;. The Labute approximate surface area is 393 Å². The van der Waals surface area contributed by atoms with Crippen LogP contribution in [0.15, 0.2) is 52.1 Å². The summed E-state index contributed by atoms with van der Waals surface area (Å²) in [5.41, 5.74) is 10.6. The first-order chi connectivity index (χ1) is 29.4. The fourth-order valence-corrected chi connectivity index (χ4v) is 5.50. The van der Waals surface area contributed by atoms with E-state index in [4.69, 9.17) is 24.1 Å². The van der Waals surface area contributed by atoms with Crippen LogP contribution in [0.4, 0.5) is 0 Å². The van der Waals surface area contributed by atoms with E-state index in [1.54, 1.807) is 19.1 Å². The molecule has 0 atom stereocenters. The summed E-state index contributed by atoms with van der Waals surface area (Å²) in [6, 6.07) is 11.6. The van der Waals surface area contributed by atoms with Gasteiger partial charge in [0.15, 0.2) is 5.78 Å². The van der Waals surface area contributed by atoms with Gasteiger partial charge in [-0.2, -0.15) is 5.26 Å². The molecule has 17 heteroatoms. The highest BCUT2D eigenvalue weighted by atomic mass is 32.1. The minimum absolute atomic E-state index is 0. The second-order valence-corrected chi connectivity index (χ2v) is 18.5. The molecule has 15 nitrogen and oxygen atoms in total. The molecule has 3 aromatic rings. The van der Waals surface area contributed by atoms with Gasteiger partial charge in [-0.05, 0) is 105 Å². The number of carbonyl (C=O) groups excluding carboxylic acids is 4. The van der Waals surface area contributed by atoms with E-state index in [1.807, 2.05) is 92.7 Å². The second kappa shape index (κ2) is 37.9. The molecule has 0 aliphatic heterocycles. The number of amides is 1. The number of hydrogen-bond acceptors (Lipinski definition) is 11. The average Bonchev–Trinajstić information content (AvgIpc) is 3.17. The minimum Gasteiger partial charge on any atom is -0.363 e. The molecule has 0 radical (unpaired) electrons. The molecule has 0 spiro atoms. The maximum absolute atomic E-state index is 11.3. The normalized spacial score (nSPS) is 9.97. The zero-order valence-corrected chi connectivity index (χ0v) is 42.6. The van der Waals surface area contributed by atoms with Crippen molar-refractivity contribution in [2.45, 2.75) is 129 Å². The topological polar surface area (TPSA) is 239 Å². The molecule has 364 valence electrons. The quantitative estimate of drug-likeness (QED) is 0.0463. The van der Waals surface area contributed by atoms with E-state index in [9.17, 15) is 33.3 Å². The van der Waals surface area contributed by atoms with Gasteiger partial charge in [0.2, 0.25) is 5.56 Å². The summed E-state index contributed by atoms with van der Waals surface area (Å²) in [4.78, 5) is 73.2. The number of allylic oxidation sites excluding steroid dienone is 2. The number of nitrogens with zero attached hydrogens (tertiary/aromatic N) is 2. The van der Waals surface area contributed by atoms with E-state index < -0.39 is 13.5 Å². The van der Waals surface area contributed by atoms with Crippen LogP contribution < -0.4 is 16.9 Å². The van der Waals surface area contributed by atoms with Gasteiger partial charge in [0.25, 0.3) is 18.0 Å². The predicted octanol–water partition coefficient (Wildman–Crippen LogP) is 10.4. The van der Waals surface area contributed by atoms with Crippen molar-refractivity contribution < 1.29 is 32.8 Å². The third-order valence-electron chi connectivity index (χ3n) is 7.46. The number of primary amides is 1. The number of nitriles is 1. The number of aromatic amines is 3. The molecule has 65 heavy (non-hydrogen) atoms. The van der Waals surface area contributed by atoms with Gasteiger partial charge < -0.3 is 39.4 Å². The number of ketones is 2. The van der Waals surface area contributed by atoms with E-state index in [0.717, 1.165) is 39.1 Å². The number of nitrogens with two attached hydrogens (primary N) is 1. The Hall–Kier alpha value is -5.38. The van der Waals surface area contributed by atoms with Gasteiger partial charge in [-0.3, -0.25) is 28.5 Å². The predicted molar refractivity (Wildman–Crippen MR) is 267 cm³/mol. The molecular weight excluding hydrogens is 868 g/mol. The number of pyridine rings is 3. The maximum Gasteiger partial charge on any atom is 0.337 e. The lowest BCUT2D eigenvalue weighted by molar-refractivity contribution is -0.116. The van der Waals surface area contributed by atoms with Crippen LogP contribution in [-0.2, 0) is 32.8 Å². The van der Waals surface area contributed by atoms with Gasteiger partial charge in [0, 0.05) is 43.3 Å². The maximum atomic E-state index is 11.3. The van der Waals surface area contributed by atoms with Crippen LogP contribution in [0.3, 0.4) is 0 Å². The molecule has 3 heterocycles. The number of carbonyl (C=O) groups is 4. The van der Waals surface area contributed by atoms with Crippen LogP contribution in [0.1, 0.15) is 148 Å². The summed E-state index contributed by atoms with van der Waals surface area (Å²) >= 11 is 5.05. The number of Topliss-reactive ketones (excluding diaryl/α,β-unsaturated/α-hetero) is 1. The van der Waals surface area contributed by atoms with Crippen molar-refractivity contribution in [3.05, 3.63) is 119 Å². The summed E-state index contributed by atoms with van der Waals surface area (Å²) in [7, 11) is -0.572. The molecule has 0 aromatic carbocycles. The van der Waals surface area contributed by atoms with Gasteiger partial charge in [-0.25, -0.2) is 6.57 Å². The molecule has 0 aliphatic carbocycles. The van der Waals surface area contributed by atoms with E-state index in [-0.39, 0.29) is 60.2 Å². The molecule has 0 saturated heterocycles. The second-order valence-electron chi connectivity index (χ2n) is 15.8. The zero-order chi connectivity index (χ0) is 50.9. The van der Waals surface area contributed by atoms with Crippen molar-refractivity contribution in [2.24, 2.45) is 17.6 Å². The van der Waals surface area contributed by atoms with Crippen LogP contribution in [0.5, 0.6) is 0 Å². The Bertz CT molecular complexity index is 2150. The SMILES string of the molecule is C.CC(=O)/C=C/C(C)C.CC(C)C=O.COP(=O)(CC(C)=O)OC.Cc1cc(C(C)C)c(C#N)c(=O)[nH]1.Cc1cc(C(C)C)cc(=O)[nH]1.Cc1cc(C(C)C)cc(=S)[nH]1.[C-]#[N+]CC(N)=O. The highest BCUT2D eigenvalue weighted by Gasteiger charge is 2.22. The van der Waals surface area contributed by atoms with E-state index in [1.165, 1.54) is 26.7 Å². The number of nitrogens with one attached hydrogen (secondary N) is 3. The van der Waals surface area contributed by atoms with Crippen molar-refractivity contribution in [2.75, 3.05) is 26.9 Å². The number of aromatic nitrogens is 3. The largest absolute Gasteiger partial charge is 0.363 e. The summed E-state index contributed by atoms with van der Waals surface area (Å²) in [6.07, 6.45) is 4.26. The Morgan fingerprint density at radius 1 is 0.815 bits per heavy atom. The Morgan fingerprint density at radius 2 is 1.26 bits per heavy atom. The number of rotatable bonds is 11. The number of hydrogen-bond donors (Lipinski definition) is 4. The molecule has 0 bridgehead atoms. The summed E-state index contributed by atoms with van der Waals surface area (Å²) in [6.45, 7) is 34.7. The van der Waals surface area contributed by atoms with Gasteiger partial charge in [0.1, 0.15) is 34.5 Å². The van der Waals surface area contributed by atoms with Crippen LogP contribution in [0.25, 0.3) is 4.85 Å². The molecule has 5 N–H and O–H groups in total. The van der Waals surface area contributed by atoms with Crippen molar-refractivity contribution in [1.82, 2.24) is 15.0 Å². The smallest absolute Gasteiger partial charge is 0.337 e. The van der Waals surface area contributed by atoms with Gasteiger partial charge in [-0.15, -0.1) is 0 Å². The van der Waals surface area contributed by atoms with Crippen molar-refractivity contribution >= 4 is 43.6 Å². The molecule has 0 unspecified atom stereocenters. The first-order valence-electron chi connectivity index (χ1n) is 20.5. The van der Waals surface area contributed by atoms with Crippen LogP contribution in [0, 0.1) is 55.2 Å². The lowest BCUT2D eigenvalue weighted by Crippen LogP contribution is -2.15. The Morgan fingerprint density at radius 3 is 1.52 bits per heavy atom. The van der Waals surface area contributed by atoms with E-state index >= 15 is 0 Å². The Balaban J connectivity index is -0.000000219. The van der Waals surface area contributed by atoms with Crippen LogP contribution >= 0.6 is 19.8 Å². The first-order valence-corrected chi connectivity index (χ1v) is 22.6. The molecule has 0 fully saturated rings. The van der Waals surface area contributed by atoms with Crippen molar-refractivity contribution in [1.29, 1.82) is 5.26 Å². The minimum atomic E-state index is -3.09. The monoisotopic (exact) mass is 945 g/mol. The molecular formula is C48H77N6O9PS. The summed E-state index contributed by atoms with van der Waals surface area (Å²) < 4.78 is 20.9. The highest BCUT2D eigenvalue weighted by Crippen LogP contribution is 2.45. The van der Waals surface area contributed by atoms with Gasteiger partial charge >= 0.3 is 7.60 Å². The molecule has 0 aliphatic rings. The van der Waals surface area contributed by atoms with Gasteiger partial charge in [-0.1, -0.05) is 95.0 Å². The third-order valence-corrected chi connectivity index (χ3v) is 9.63. The van der Waals surface area contributed by atoms with Crippen LogP contribution in [0.2, 0.25) is 0 Å². The third kappa shape index (κ3) is 38.8. The molecule has 0 saturated carbocycles. The average molecular weight is 945 g/mol. The fourth-order valence-electron chi connectivity index (χ4n) is 4.25. The molecule has 3 aromatic heterocycles. The number of H-pyrrole nitrogens is 3. The lowest BCUT2D eigenvalue weighted by Gasteiger charge is -2.10. The first kappa shape index (κ1) is 68.7. The van der Waals surface area contributed by atoms with Crippen molar-refractivity contribution in [3.8, 4) is 6.07 Å². The zero-order valence-electron chi connectivity index (χ0n) is 40.9. The fraction of sp³-hybridized carbons (Fsp3) is 0.521. The number of aldehydes is 1. The molecule has 3 rings (SSSR count). The summed E-state index contributed by atoms with van der Waals surface area (Å²) in [5.74, 6) is 1.24. The lowest BCUT2D eigenvalue weighted by atomic mass is 9.99.